The standard InChI is InChI=1S/C33H29Cl2N3O6S/c1-45(41,42)38(33(40)28(36)19-43-18-20-6-3-2-4-7-20)17-21-8-5-9-22(14-21)23-10-12-26-29(15-23)44-32(30(26)37)31(39)25-13-11-24(34)16-27(25)35/h2-16,28H,17-19,36-37H2,1H3/t28-/m0/s1. The summed E-state index contributed by atoms with van der Waals surface area (Å²) in [5.41, 5.74) is 16.0. The van der Waals surface area contributed by atoms with E-state index in [0.29, 0.717) is 27.1 Å². The van der Waals surface area contributed by atoms with Crippen LogP contribution in [0.1, 0.15) is 27.2 Å². The Labute approximate surface area is 270 Å². The first-order valence-electron chi connectivity index (χ1n) is 13.7. The molecule has 1 aromatic heterocycles. The predicted octanol–water partition coefficient (Wildman–Crippen LogP) is 6.05. The molecule has 0 aliphatic rings. The molecule has 5 aromatic rings. The third kappa shape index (κ3) is 7.38. The number of hydrogen-bond acceptors (Lipinski definition) is 8. The fraction of sp³-hybridized carbons (Fsp3) is 0.152. The molecule has 0 spiro atoms. The zero-order valence-electron chi connectivity index (χ0n) is 24.1. The van der Waals surface area contributed by atoms with Gasteiger partial charge in [-0.15, -0.1) is 0 Å². The first-order chi connectivity index (χ1) is 21.4. The van der Waals surface area contributed by atoms with Crippen LogP contribution in [-0.2, 0) is 32.7 Å². The Morgan fingerprint density at radius 3 is 2.33 bits per heavy atom. The maximum atomic E-state index is 13.2. The SMILES string of the molecule is CS(=O)(=O)N(Cc1cccc(-c2ccc3c(N)c(C(=O)c4ccc(Cl)cc4Cl)oc3c2)c1)C(=O)[C@@H](N)COCc1ccccc1. The second-order valence-electron chi connectivity index (χ2n) is 10.4. The molecule has 0 bridgehead atoms. The van der Waals surface area contributed by atoms with E-state index in [-0.39, 0.29) is 41.8 Å². The lowest BCUT2D eigenvalue weighted by Gasteiger charge is -2.24. The molecule has 0 unspecified atom stereocenters. The van der Waals surface area contributed by atoms with Crippen molar-refractivity contribution in [3.05, 3.63) is 123 Å². The summed E-state index contributed by atoms with van der Waals surface area (Å²) in [6.07, 6.45) is 0.956. The minimum atomic E-state index is -3.96. The number of ether oxygens (including phenoxy) is 1. The number of halogens is 2. The van der Waals surface area contributed by atoms with Crippen molar-refractivity contribution in [2.24, 2.45) is 5.73 Å². The second-order valence-corrected chi connectivity index (χ2v) is 13.2. The summed E-state index contributed by atoms with van der Waals surface area (Å²) in [7, 11) is -3.96. The van der Waals surface area contributed by atoms with E-state index in [2.05, 4.69) is 0 Å². The number of ketones is 1. The summed E-state index contributed by atoms with van der Waals surface area (Å²) < 4.78 is 37.5. The van der Waals surface area contributed by atoms with Crippen LogP contribution in [0.4, 0.5) is 5.69 Å². The van der Waals surface area contributed by atoms with E-state index in [1.165, 1.54) is 12.1 Å². The molecule has 232 valence electrons. The largest absolute Gasteiger partial charge is 0.450 e. The average Bonchev–Trinajstić information content (AvgIpc) is 3.34. The van der Waals surface area contributed by atoms with Gasteiger partial charge in [-0.3, -0.25) is 9.59 Å². The predicted molar refractivity (Wildman–Crippen MR) is 175 cm³/mol. The number of carbonyl (C=O) groups excluding carboxylic acids is 2. The van der Waals surface area contributed by atoms with Crippen molar-refractivity contribution >= 4 is 61.6 Å². The van der Waals surface area contributed by atoms with Gasteiger partial charge in [0.05, 0.1) is 36.7 Å². The van der Waals surface area contributed by atoms with Crippen molar-refractivity contribution in [2.45, 2.75) is 19.2 Å². The first-order valence-corrected chi connectivity index (χ1v) is 16.3. The number of furan rings is 1. The lowest BCUT2D eigenvalue weighted by Crippen LogP contribution is -2.48. The molecular formula is C33H29Cl2N3O6S. The molecule has 0 aliphatic heterocycles. The number of anilines is 1. The van der Waals surface area contributed by atoms with Crippen molar-refractivity contribution in [1.82, 2.24) is 4.31 Å². The Morgan fingerprint density at radius 1 is 0.911 bits per heavy atom. The van der Waals surface area contributed by atoms with Crippen molar-refractivity contribution in [1.29, 1.82) is 0 Å². The Bertz CT molecular complexity index is 2000. The van der Waals surface area contributed by atoms with Gasteiger partial charge >= 0.3 is 0 Å². The van der Waals surface area contributed by atoms with Gasteiger partial charge in [0.15, 0.2) is 5.76 Å². The lowest BCUT2D eigenvalue weighted by atomic mass is 10.0. The fourth-order valence-corrected chi connectivity index (χ4v) is 6.11. The monoisotopic (exact) mass is 665 g/mol. The molecule has 0 saturated heterocycles. The molecule has 1 heterocycles. The average molecular weight is 667 g/mol. The van der Waals surface area contributed by atoms with Crippen LogP contribution in [0, 0.1) is 0 Å². The van der Waals surface area contributed by atoms with Crippen LogP contribution in [0.5, 0.6) is 0 Å². The highest BCUT2D eigenvalue weighted by atomic mass is 35.5. The van der Waals surface area contributed by atoms with Crippen molar-refractivity contribution in [3.8, 4) is 11.1 Å². The highest BCUT2D eigenvalue weighted by molar-refractivity contribution is 7.88. The molecule has 1 atom stereocenters. The normalized spacial score (nSPS) is 12.3. The van der Waals surface area contributed by atoms with Gasteiger partial charge in [0, 0.05) is 16.0 Å². The molecule has 0 aliphatic carbocycles. The van der Waals surface area contributed by atoms with Gasteiger partial charge in [-0.1, -0.05) is 77.8 Å². The van der Waals surface area contributed by atoms with E-state index in [0.717, 1.165) is 21.7 Å². The smallest absolute Gasteiger partial charge is 0.255 e. The number of hydrogen-bond donors (Lipinski definition) is 2. The minimum absolute atomic E-state index is 0.0495. The number of nitrogen functional groups attached to an aromatic ring is 1. The molecule has 4 N–H and O–H groups in total. The van der Waals surface area contributed by atoms with Gasteiger partial charge < -0.3 is 20.6 Å². The summed E-state index contributed by atoms with van der Waals surface area (Å²) in [6.45, 7) is -0.145. The third-order valence-corrected chi connectivity index (χ3v) is 8.73. The maximum absolute atomic E-state index is 13.2. The van der Waals surface area contributed by atoms with Crippen LogP contribution in [-0.4, -0.2) is 43.3 Å². The number of benzene rings is 4. The zero-order valence-corrected chi connectivity index (χ0v) is 26.4. The van der Waals surface area contributed by atoms with Crippen LogP contribution in [0.2, 0.25) is 10.0 Å². The van der Waals surface area contributed by atoms with Gasteiger partial charge in [-0.25, -0.2) is 12.7 Å². The van der Waals surface area contributed by atoms with Crippen LogP contribution in [0.15, 0.2) is 95.4 Å². The fourth-order valence-electron chi connectivity index (χ4n) is 4.77. The molecule has 1 amide bonds. The van der Waals surface area contributed by atoms with Crippen LogP contribution < -0.4 is 11.5 Å². The van der Waals surface area contributed by atoms with E-state index in [4.69, 9.17) is 43.8 Å². The quantitative estimate of drug-likeness (QED) is 0.162. The Morgan fingerprint density at radius 2 is 1.62 bits per heavy atom. The number of fused-ring (bicyclic) bond motifs is 1. The molecular weight excluding hydrogens is 637 g/mol. The summed E-state index contributed by atoms with van der Waals surface area (Å²) in [5, 5.41) is 1.11. The topological polar surface area (TPSA) is 146 Å². The number of nitrogens with two attached hydrogens (primary N) is 2. The van der Waals surface area contributed by atoms with Gasteiger partial charge in [0.1, 0.15) is 11.6 Å². The number of rotatable bonds is 11. The van der Waals surface area contributed by atoms with Crippen LogP contribution in [0.3, 0.4) is 0 Å². The number of nitrogens with zero attached hydrogens (tertiary/aromatic N) is 1. The third-order valence-electron chi connectivity index (χ3n) is 7.07. The molecule has 0 saturated carbocycles. The van der Waals surface area contributed by atoms with E-state index in [9.17, 15) is 18.0 Å². The van der Waals surface area contributed by atoms with E-state index in [1.54, 1.807) is 42.5 Å². The van der Waals surface area contributed by atoms with Crippen molar-refractivity contribution < 1.29 is 27.2 Å². The highest BCUT2D eigenvalue weighted by Crippen LogP contribution is 2.35. The van der Waals surface area contributed by atoms with Gasteiger partial charge in [0.2, 0.25) is 15.8 Å². The number of sulfonamides is 1. The Kier molecular flexibility index (Phi) is 9.62. The molecule has 5 rings (SSSR count). The van der Waals surface area contributed by atoms with Gasteiger partial charge in [0.25, 0.3) is 5.91 Å². The Balaban J connectivity index is 1.35. The second kappa shape index (κ2) is 13.4. The van der Waals surface area contributed by atoms with Gasteiger partial charge in [-0.05, 0) is 58.7 Å². The first kappa shape index (κ1) is 32.2. The van der Waals surface area contributed by atoms with E-state index in [1.807, 2.05) is 36.4 Å². The molecule has 0 radical (unpaired) electrons. The zero-order chi connectivity index (χ0) is 32.3. The Hall–Kier alpha value is -4.19. The summed E-state index contributed by atoms with van der Waals surface area (Å²) >= 11 is 12.2. The number of carbonyl (C=O) groups is 2. The summed E-state index contributed by atoms with van der Waals surface area (Å²) in [6, 6.07) is 25.0. The maximum Gasteiger partial charge on any atom is 0.255 e. The van der Waals surface area contributed by atoms with Crippen molar-refractivity contribution in [3.63, 3.8) is 0 Å². The summed E-state index contributed by atoms with van der Waals surface area (Å²) in [5.74, 6) is -1.31. The molecule has 9 nitrogen and oxygen atoms in total. The molecule has 12 heteroatoms. The van der Waals surface area contributed by atoms with E-state index >= 15 is 0 Å². The number of amides is 1. The van der Waals surface area contributed by atoms with Crippen LogP contribution >= 0.6 is 23.2 Å². The minimum Gasteiger partial charge on any atom is -0.450 e. The molecule has 0 fully saturated rings. The molecule has 4 aromatic carbocycles. The summed E-state index contributed by atoms with van der Waals surface area (Å²) in [4.78, 5) is 26.3. The van der Waals surface area contributed by atoms with Crippen molar-refractivity contribution in [2.75, 3.05) is 18.6 Å². The molecule has 45 heavy (non-hydrogen) atoms. The van der Waals surface area contributed by atoms with E-state index < -0.39 is 27.8 Å². The lowest BCUT2D eigenvalue weighted by molar-refractivity contribution is -0.129. The van der Waals surface area contributed by atoms with Crippen LogP contribution in [0.25, 0.3) is 22.1 Å². The highest BCUT2D eigenvalue weighted by Gasteiger charge is 2.29. The van der Waals surface area contributed by atoms with Gasteiger partial charge in [-0.2, -0.15) is 0 Å².